The van der Waals surface area contributed by atoms with Crippen molar-refractivity contribution in [3.05, 3.63) is 54.1 Å². The molecule has 1 fully saturated rings. The van der Waals surface area contributed by atoms with Crippen LogP contribution in [0.15, 0.2) is 48.5 Å². The number of ether oxygens (including phenoxy) is 2. The van der Waals surface area contributed by atoms with Gasteiger partial charge >= 0.3 is 0 Å². The van der Waals surface area contributed by atoms with Crippen molar-refractivity contribution in [2.24, 2.45) is 0 Å². The number of piperazine rings is 1. The Morgan fingerprint density at radius 1 is 1.12 bits per heavy atom. The third kappa shape index (κ3) is 4.45. The lowest BCUT2D eigenvalue weighted by molar-refractivity contribution is 0.230. The van der Waals surface area contributed by atoms with Gasteiger partial charge in [-0.3, -0.25) is 0 Å². The second-order valence-corrected chi connectivity index (χ2v) is 6.74. The van der Waals surface area contributed by atoms with E-state index >= 15 is 0 Å². The summed E-state index contributed by atoms with van der Waals surface area (Å²) in [6, 6.07) is 17.4. The number of nitrogens with zero attached hydrogens (tertiary/aromatic N) is 1. The van der Waals surface area contributed by atoms with Crippen LogP contribution in [-0.4, -0.2) is 38.9 Å². The first-order valence-electron chi connectivity index (χ1n) is 9.03. The lowest BCUT2D eigenvalue weighted by Crippen LogP contribution is -2.52. The number of rotatable bonds is 6. The number of hydrogen-bond donors (Lipinski definition) is 1. The van der Waals surface area contributed by atoms with Crippen LogP contribution in [0.4, 0.5) is 5.69 Å². The van der Waals surface area contributed by atoms with Crippen molar-refractivity contribution in [3.8, 4) is 11.5 Å². The number of hydrogen-bond acceptors (Lipinski definition) is 4. The average Bonchev–Trinajstić information content (AvgIpc) is 2.62. The summed E-state index contributed by atoms with van der Waals surface area (Å²) in [6.45, 7) is 7.05. The number of nitrogens with one attached hydrogen (secondary N) is 1. The standard InChI is InChI=1S/C21H28N2O2/c1-16(2)25-21-14-18(9-10-20(21)24-3)23-12-11-22-15-19(23)13-17-7-5-4-6-8-17/h4-10,14,16,19,22H,11-13,15H2,1-3H3/t19-/m0/s1. The summed E-state index contributed by atoms with van der Waals surface area (Å²) in [5.74, 6) is 1.60. The SMILES string of the molecule is COc1ccc(N2CCNC[C@@H]2Cc2ccccc2)cc1OC(C)C. The van der Waals surface area contributed by atoms with Gasteiger partial charge in [0.25, 0.3) is 0 Å². The van der Waals surface area contributed by atoms with E-state index in [4.69, 9.17) is 9.47 Å². The molecule has 0 aliphatic carbocycles. The molecule has 25 heavy (non-hydrogen) atoms. The molecule has 0 amide bonds. The monoisotopic (exact) mass is 340 g/mol. The lowest BCUT2D eigenvalue weighted by atomic mass is 10.0. The fraction of sp³-hybridized carbons (Fsp3) is 0.429. The summed E-state index contributed by atoms with van der Waals surface area (Å²) in [5.41, 5.74) is 2.56. The molecule has 1 atom stereocenters. The highest BCUT2D eigenvalue weighted by atomic mass is 16.5. The minimum Gasteiger partial charge on any atom is -0.493 e. The summed E-state index contributed by atoms with van der Waals surface area (Å²) in [4.78, 5) is 2.48. The quantitative estimate of drug-likeness (QED) is 0.873. The van der Waals surface area contributed by atoms with E-state index in [2.05, 4.69) is 52.7 Å². The number of anilines is 1. The fourth-order valence-corrected chi connectivity index (χ4v) is 3.36. The van der Waals surface area contributed by atoms with Gasteiger partial charge in [0.2, 0.25) is 0 Å². The third-order valence-corrected chi connectivity index (χ3v) is 4.51. The predicted molar refractivity (Wildman–Crippen MR) is 103 cm³/mol. The second-order valence-electron chi connectivity index (χ2n) is 6.74. The van der Waals surface area contributed by atoms with Gasteiger partial charge in [0.05, 0.1) is 13.2 Å². The molecule has 134 valence electrons. The molecular weight excluding hydrogens is 312 g/mol. The molecule has 4 heteroatoms. The van der Waals surface area contributed by atoms with Gasteiger partial charge in [-0.05, 0) is 38.0 Å². The van der Waals surface area contributed by atoms with Crippen LogP contribution in [0.25, 0.3) is 0 Å². The molecule has 1 heterocycles. The average molecular weight is 340 g/mol. The molecule has 0 spiro atoms. The molecule has 1 aliphatic rings. The van der Waals surface area contributed by atoms with E-state index < -0.39 is 0 Å². The lowest BCUT2D eigenvalue weighted by Gasteiger charge is -2.38. The normalized spacial score (nSPS) is 17.6. The topological polar surface area (TPSA) is 33.7 Å². The first-order valence-corrected chi connectivity index (χ1v) is 9.03. The van der Waals surface area contributed by atoms with Gasteiger partial charge in [0.15, 0.2) is 11.5 Å². The van der Waals surface area contributed by atoms with E-state index in [1.807, 2.05) is 19.9 Å². The molecule has 0 aromatic heterocycles. The first-order chi connectivity index (χ1) is 12.2. The van der Waals surface area contributed by atoms with Crippen LogP contribution in [0.5, 0.6) is 11.5 Å². The Balaban J connectivity index is 1.84. The first kappa shape index (κ1) is 17.6. The third-order valence-electron chi connectivity index (χ3n) is 4.51. The molecule has 0 unspecified atom stereocenters. The van der Waals surface area contributed by atoms with Gasteiger partial charge in [0.1, 0.15) is 0 Å². The van der Waals surface area contributed by atoms with Crippen molar-refractivity contribution in [2.45, 2.75) is 32.4 Å². The van der Waals surface area contributed by atoms with Crippen LogP contribution in [0.1, 0.15) is 19.4 Å². The van der Waals surface area contributed by atoms with Crippen molar-refractivity contribution < 1.29 is 9.47 Å². The number of methoxy groups -OCH3 is 1. The van der Waals surface area contributed by atoms with Gasteiger partial charge < -0.3 is 19.7 Å². The second kappa shape index (κ2) is 8.26. The predicted octanol–water partition coefficient (Wildman–Crippen LogP) is 3.50. The van der Waals surface area contributed by atoms with E-state index in [1.54, 1.807) is 7.11 Å². The Kier molecular flexibility index (Phi) is 5.82. The van der Waals surface area contributed by atoms with Crippen LogP contribution in [0, 0.1) is 0 Å². The maximum Gasteiger partial charge on any atom is 0.163 e. The Bertz CT molecular complexity index is 673. The van der Waals surface area contributed by atoms with Crippen molar-refractivity contribution in [2.75, 3.05) is 31.6 Å². The van der Waals surface area contributed by atoms with Crippen LogP contribution < -0.4 is 19.7 Å². The zero-order chi connectivity index (χ0) is 17.6. The van der Waals surface area contributed by atoms with E-state index in [0.717, 1.165) is 37.6 Å². The maximum atomic E-state index is 5.95. The fourth-order valence-electron chi connectivity index (χ4n) is 3.36. The zero-order valence-electron chi connectivity index (χ0n) is 15.4. The van der Waals surface area contributed by atoms with Crippen LogP contribution >= 0.6 is 0 Å². The minimum atomic E-state index is 0.118. The zero-order valence-corrected chi connectivity index (χ0v) is 15.4. The molecule has 0 bridgehead atoms. The minimum absolute atomic E-state index is 0.118. The van der Waals surface area contributed by atoms with Crippen LogP contribution in [-0.2, 0) is 6.42 Å². The van der Waals surface area contributed by atoms with Crippen LogP contribution in [0.3, 0.4) is 0 Å². The summed E-state index contributed by atoms with van der Waals surface area (Å²) in [6.07, 6.45) is 1.15. The summed E-state index contributed by atoms with van der Waals surface area (Å²) >= 11 is 0. The largest absolute Gasteiger partial charge is 0.493 e. The molecule has 2 aromatic carbocycles. The molecule has 1 N–H and O–H groups in total. The highest BCUT2D eigenvalue weighted by Crippen LogP contribution is 2.33. The number of benzene rings is 2. The highest BCUT2D eigenvalue weighted by molar-refractivity contribution is 5.57. The molecule has 2 aromatic rings. The molecule has 1 saturated heterocycles. The van der Waals surface area contributed by atoms with E-state index in [-0.39, 0.29) is 6.10 Å². The van der Waals surface area contributed by atoms with Gasteiger partial charge in [-0.2, -0.15) is 0 Å². The Labute approximate surface area is 150 Å². The van der Waals surface area contributed by atoms with E-state index in [1.165, 1.54) is 11.3 Å². The summed E-state index contributed by atoms with van der Waals surface area (Å²) < 4.78 is 11.4. The Hall–Kier alpha value is -2.20. The maximum absolute atomic E-state index is 5.95. The molecule has 4 nitrogen and oxygen atoms in total. The molecule has 0 radical (unpaired) electrons. The van der Waals surface area contributed by atoms with E-state index in [0.29, 0.717) is 6.04 Å². The summed E-state index contributed by atoms with van der Waals surface area (Å²) in [5, 5.41) is 3.53. The molecule has 0 saturated carbocycles. The smallest absolute Gasteiger partial charge is 0.163 e. The molecule has 1 aliphatic heterocycles. The van der Waals surface area contributed by atoms with Crippen LogP contribution in [0.2, 0.25) is 0 Å². The Morgan fingerprint density at radius 3 is 2.64 bits per heavy atom. The highest BCUT2D eigenvalue weighted by Gasteiger charge is 2.24. The van der Waals surface area contributed by atoms with Crippen molar-refractivity contribution >= 4 is 5.69 Å². The van der Waals surface area contributed by atoms with Gasteiger partial charge in [0, 0.05) is 37.4 Å². The Morgan fingerprint density at radius 2 is 1.92 bits per heavy atom. The summed E-state index contributed by atoms with van der Waals surface area (Å²) in [7, 11) is 1.69. The van der Waals surface area contributed by atoms with Gasteiger partial charge in [-0.25, -0.2) is 0 Å². The van der Waals surface area contributed by atoms with Gasteiger partial charge in [-0.1, -0.05) is 30.3 Å². The van der Waals surface area contributed by atoms with Crippen molar-refractivity contribution in [3.63, 3.8) is 0 Å². The van der Waals surface area contributed by atoms with Gasteiger partial charge in [-0.15, -0.1) is 0 Å². The van der Waals surface area contributed by atoms with Crippen molar-refractivity contribution in [1.29, 1.82) is 0 Å². The molecular formula is C21H28N2O2. The van der Waals surface area contributed by atoms with Crippen molar-refractivity contribution in [1.82, 2.24) is 5.32 Å². The van der Waals surface area contributed by atoms with E-state index in [9.17, 15) is 0 Å². The molecule has 3 rings (SSSR count).